The minimum absolute atomic E-state index is 0.0916. The van der Waals surface area contributed by atoms with Gasteiger partial charge in [0.25, 0.3) is 0 Å². The quantitative estimate of drug-likeness (QED) is 0.328. The van der Waals surface area contributed by atoms with Crippen LogP contribution in [0.25, 0.3) is 0 Å². The fraction of sp³-hybridized carbons (Fsp3) is 0.935. The fourth-order valence-electron chi connectivity index (χ4n) is 9.99. The first-order valence-corrected chi connectivity index (χ1v) is 14.9. The molecule has 4 aliphatic carbocycles. The molecule has 4 saturated carbocycles. The second-order valence-electron chi connectivity index (χ2n) is 13.4. The Hall–Kier alpha value is -1.06. The Morgan fingerprint density at radius 3 is 2.29 bits per heavy atom. The van der Waals surface area contributed by atoms with E-state index >= 15 is 0 Å². The van der Waals surface area contributed by atoms with Crippen molar-refractivity contribution in [2.45, 2.75) is 137 Å². The highest BCUT2D eigenvalue weighted by molar-refractivity contribution is 5.66. The lowest BCUT2D eigenvalue weighted by Gasteiger charge is -2.61. The molecule has 4 nitrogen and oxygen atoms in total. The molecule has 0 aromatic carbocycles. The average Bonchev–Trinajstić information content (AvgIpc) is 3.15. The molecule has 0 spiro atoms. The summed E-state index contributed by atoms with van der Waals surface area (Å²) in [5.74, 6) is 4.72. The highest BCUT2D eigenvalue weighted by atomic mass is 16.5. The largest absolute Gasteiger partial charge is 0.463 e. The summed E-state index contributed by atoms with van der Waals surface area (Å²) in [6, 6.07) is 0. The maximum Gasteiger partial charge on any atom is 0.302 e. The van der Waals surface area contributed by atoms with E-state index in [4.69, 9.17) is 9.47 Å². The van der Waals surface area contributed by atoms with Gasteiger partial charge in [-0.1, -0.05) is 34.1 Å². The van der Waals surface area contributed by atoms with Crippen LogP contribution >= 0.6 is 0 Å². The van der Waals surface area contributed by atoms with Crippen molar-refractivity contribution in [3.8, 4) is 0 Å². The summed E-state index contributed by atoms with van der Waals surface area (Å²) in [6.07, 6.45) is 16.3. The number of carbonyl (C=O) groups is 2. The zero-order chi connectivity index (χ0) is 25.4. The van der Waals surface area contributed by atoms with Gasteiger partial charge in [0.1, 0.15) is 12.2 Å². The van der Waals surface area contributed by atoms with Crippen LogP contribution < -0.4 is 0 Å². The Bertz CT molecular complexity index is 763. The summed E-state index contributed by atoms with van der Waals surface area (Å²) in [5.41, 5.74) is 0.940. The predicted molar refractivity (Wildman–Crippen MR) is 140 cm³/mol. The zero-order valence-electron chi connectivity index (χ0n) is 23.4. The van der Waals surface area contributed by atoms with Crippen molar-refractivity contribution in [3.63, 3.8) is 0 Å². The van der Waals surface area contributed by atoms with Gasteiger partial charge in [-0.2, -0.15) is 0 Å². The molecule has 0 bridgehead atoms. The Morgan fingerprint density at radius 1 is 0.886 bits per heavy atom. The summed E-state index contributed by atoms with van der Waals surface area (Å²) in [5, 5.41) is 0. The smallest absolute Gasteiger partial charge is 0.302 e. The van der Waals surface area contributed by atoms with E-state index < -0.39 is 0 Å². The molecule has 0 saturated heterocycles. The van der Waals surface area contributed by atoms with E-state index in [1.807, 2.05) is 0 Å². The predicted octanol–water partition coefficient (Wildman–Crippen LogP) is 7.73. The first kappa shape index (κ1) is 27.0. The molecule has 200 valence electrons. The van der Waals surface area contributed by atoms with Crippen molar-refractivity contribution < 1.29 is 19.1 Å². The van der Waals surface area contributed by atoms with Crippen LogP contribution in [0.1, 0.15) is 125 Å². The lowest BCUT2D eigenvalue weighted by Crippen LogP contribution is -2.54. The number of hydrogen-bond donors (Lipinski definition) is 0. The van der Waals surface area contributed by atoms with Gasteiger partial charge < -0.3 is 9.47 Å². The maximum atomic E-state index is 11.5. The summed E-state index contributed by atoms with van der Waals surface area (Å²) in [7, 11) is 0. The van der Waals surface area contributed by atoms with Crippen molar-refractivity contribution in [1.29, 1.82) is 0 Å². The third kappa shape index (κ3) is 5.33. The van der Waals surface area contributed by atoms with E-state index in [0.717, 1.165) is 61.2 Å². The molecule has 0 N–H and O–H groups in total. The van der Waals surface area contributed by atoms with E-state index in [-0.39, 0.29) is 24.1 Å². The summed E-state index contributed by atoms with van der Waals surface area (Å²) in [6.45, 7) is 13.0. The van der Waals surface area contributed by atoms with Crippen LogP contribution in [0.3, 0.4) is 0 Å². The Balaban J connectivity index is 1.37. The van der Waals surface area contributed by atoms with Gasteiger partial charge in [-0.05, 0) is 123 Å². The van der Waals surface area contributed by atoms with Crippen molar-refractivity contribution in [1.82, 2.24) is 0 Å². The Kier molecular flexibility index (Phi) is 8.28. The zero-order valence-corrected chi connectivity index (χ0v) is 23.4. The second kappa shape index (κ2) is 10.7. The highest BCUT2D eigenvalue weighted by Crippen LogP contribution is 2.68. The lowest BCUT2D eigenvalue weighted by atomic mass is 9.44. The van der Waals surface area contributed by atoms with E-state index in [2.05, 4.69) is 27.7 Å². The van der Waals surface area contributed by atoms with Crippen molar-refractivity contribution in [2.24, 2.45) is 46.3 Å². The van der Waals surface area contributed by atoms with Gasteiger partial charge in [-0.15, -0.1) is 0 Å². The van der Waals surface area contributed by atoms with Crippen molar-refractivity contribution in [2.75, 3.05) is 0 Å². The molecule has 4 fully saturated rings. The summed E-state index contributed by atoms with van der Waals surface area (Å²) in [4.78, 5) is 22.9. The molecule has 4 heteroatoms. The van der Waals surface area contributed by atoms with E-state index in [9.17, 15) is 9.59 Å². The van der Waals surface area contributed by atoms with Crippen LogP contribution in [-0.4, -0.2) is 24.1 Å². The molecule has 0 aromatic heterocycles. The Morgan fingerprint density at radius 2 is 1.60 bits per heavy atom. The van der Waals surface area contributed by atoms with E-state index in [1.54, 1.807) is 6.92 Å². The van der Waals surface area contributed by atoms with E-state index in [1.165, 1.54) is 64.7 Å². The maximum absolute atomic E-state index is 11.5. The lowest BCUT2D eigenvalue weighted by molar-refractivity contribution is -0.160. The SMILES string of the molecule is CCC(CCCC(C)[C@H]1CC[C@H]2C3CCC4C[C@@H](OC(C)=O)CC[C@]4(C)C3CC[C@]12C)OC(C)=O. The molecular formula is C31H52O4. The van der Waals surface area contributed by atoms with Crippen molar-refractivity contribution in [3.05, 3.63) is 0 Å². The Labute approximate surface area is 214 Å². The van der Waals surface area contributed by atoms with Gasteiger partial charge >= 0.3 is 11.9 Å². The van der Waals surface area contributed by atoms with Crippen LogP contribution in [0.2, 0.25) is 0 Å². The molecule has 10 atom stereocenters. The number of rotatable bonds is 8. The number of esters is 2. The summed E-state index contributed by atoms with van der Waals surface area (Å²) >= 11 is 0. The van der Waals surface area contributed by atoms with Crippen LogP contribution in [0.4, 0.5) is 0 Å². The monoisotopic (exact) mass is 488 g/mol. The van der Waals surface area contributed by atoms with Crippen LogP contribution in [0.15, 0.2) is 0 Å². The minimum Gasteiger partial charge on any atom is -0.463 e. The van der Waals surface area contributed by atoms with Gasteiger partial charge in [0.15, 0.2) is 0 Å². The molecular weight excluding hydrogens is 436 g/mol. The molecule has 0 aliphatic heterocycles. The molecule has 0 heterocycles. The molecule has 0 radical (unpaired) electrons. The number of fused-ring (bicyclic) bond motifs is 5. The molecule has 0 amide bonds. The first-order chi connectivity index (χ1) is 16.6. The minimum atomic E-state index is -0.143. The number of carbonyl (C=O) groups excluding carboxylic acids is 2. The molecule has 5 unspecified atom stereocenters. The number of hydrogen-bond acceptors (Lipinski definition) is 4. The third-order valence-corrected chi connectivity index (χ3v) is 11.7. The van der Waals surface area contributed by atoms with Gasteiger partial charge in [-0.25, -0.2) is 0 Å². The second-order valence-corrected chi connectivity index (χ2v) is 13.4. The van der Waals surface area contributed by atoms with Crippen LogP contribution in [0, 0.1) is 46.3 Å². The van der Waals surface area contributed by atoms with Crippen LogP contribution in [-0.2, 0) is 19.1 Å². The highest BCUT2D eigenvalue weighted by Gasteiger charge is 2.60. The fourth-order valence-corrected chi connectivity index (χ4v) is 9.99. The average molecular weight is 489 g/mol. The third-order valence-electron chi connectivity index (χ3n) is 11.7. The number of ether oxygens (including phenoxy) is 2. The summed E-state index contributed by atoms with van der Waals surface area (Å²) < 4.78 is 11.1. The first-order valence-electron chi connectivity index (χ1n) is 14.9. The van der Waals surface area contributed by atoms with E-state index in [0.29, 0.717) is 10.8 Å². The van der Waals surface area contributed by atoms with Gasteiger partial charge in [0.2, 0.25) is 0 Å². The van der Waals surface area contributed by atoms with Crippen LogP contribution in [0.5, 0.6) is 0 Å². The van der Waals surface area contributed by atoms with Gasteiger partial charge in [-0.3, -0.25) is 9.59 Å². The van der Waals surface area contributed by atoms with Gasteiger partial charge in [0, 0.05) is 13.8 Å². The normalized spacial score (nSPS) is 42.2. The van der Waals surface area contributed by atoms with Gasteiger partial charge in [0.05, 0.1) is 0 Å². The van der Waals surface area contributed by atoms with Crippen molar-refractivity contribution >= 4 is 11.9 Å². The molecule has 4 rings (SSSR count). The molecule has 0 aromatic rings. The molecule has 4 aliphatic rings. The topological polar surface area (TPSA) is 52.6 Å². The molecule has 35 heavy (non-hydrogen) atoms. The standard InChI is InChI=1S/C31H52O4/c1-7-24(34-21(3)32)10-8-9-20(2)27-13-14-28-26-12-11-23-19-25(35-22(4)33)15-17-30(23,5)29(26)16-18-31(27,28)6/h20,23-29H,7-19H2,1-6H3/t20?,23?,24?,25-,26?,27+,28-,29?,30-,31+/m0/s1.